The molecule has 0 bridgehead atoms. The van der Waals surface area contributed by atoms with E-state index in [1.165, 1.54) is 0 Å². The Balaban J connectivity index is 2.21. The van der Waals surface area contributed by atoms with Gasteiger partial charge in [0.25, 0.3) is 5.91 Å². The molecule has 6 nitrogen and oxygen atoms in total. The molecule has 17 heavy (non-hydrogen) atoms. The summed E-state index contributed by atoms with van der Waals surface area (Å²) in [5, 5.41) is 9.05. The zero-order valence-corrected chi connectivity index (χ0v) is 11.3. The number of halogens is 2. The van der Waals surface area contributed by atoms with Crippen molar-refractivity contribution in [1.29, 1.82) is 0 Å². The number of H-pyrrole nitrogens is 1. The van der Waals surface area contributed by atoms with Crippen molar-refractivity contribution in [3.05, 3.63) is 32.6 Å². The molecule has 0 aliphatic rings. The van der Waals surface area contributed by atoms with E-state index in [1.54, 1.807) is 12.1 Å². The Bertz CT molecular complexity index is 570. The van der Waals surface area contributed by atoms with Gasteiger partial charge in [-0.05, 0) is 40.8 Å². The average molecular weight is 364 g/mol. The number of amides is 1. The van der Waals surface area contributed by atoms with Crippen molar-refractivity contribution < 1.29 is 4.79 Å². The van der Waals surface area contributed by atoms with Crippen molar-refractivity contribution in [2.75, 3.05) is 11.1 Å². The minimum Gasteiger partial charge on any atom is -0.366 e. The van der Waals surface area contributed by atoms with Gasteiger partial charge < -0.3 is 11.1 Å². The summed E-state index contributed by atoms with van der Waals surface area (Å²) in [5.74, 6) is -0.389. The Labute approximate surface area is 115 Å². The predicted molar refractivity (Wildman–Crippen MR) is 72.9 cm³/mol. The van der Waals surface area contributed by atoms with Crippen LogP contribution in [0.2, 0.25) is 5.02 Å². The highest BCUT2D eigenvalue weighted by Gasteiger charge is 2.12. The second-order valence-corrected chi connectivity index (χ2v) is 4.77. The number of nitrogen functional groups attached to an aromatic ring is 1. The summed E-state index contributed by atoms with van der Waals surface area (Å²) in [6.07, 6.45) is 0. The Morgan fingerprint density at radius 2 is 2.29 bits per heavy atom. The lowest BCUT2D eigenvalue weighted by Crippen LogP contribution is -2.14. The van der Waals surface area contributed by atoms with E-state index in [9.17, 15) is 4.79 Å². The monoisotopic (exact) mass is 363 g/mol. The van der Waals surface area contributed by atoms with E-state index in [-0.39, 0.29) is 11.8 Å². The number of nitrogens with zero attached hydrogens (tertiary/aromatic N) is 2. The fourth-order valence-corrected chi connectivity index (χ4v) is 1.81. The third-order valence-corrected chi connectivity index (χ3v) is 2.89. The van der Waals surface area contributed by atoms with Crippen LogP contribution in [-0.2, 0) is 0 Å². The molecule has 2 aromatic rings. The highest BCUT2D eigenvalue weighted by molar-refractivity contribution is 14.1. The van der Waals surface area contributed by atoms with Crippen LogP contribution in [0.25, 0.3) is 0 Å². The molecular formula is C9H7ClIN5O. The number of aromatic amines is 1. The molecular weight excluding hydrogens is 356 g/mol. The number of rotatable bonds is 2. The van der Waals surface area contributed by atoms with Crippen LogP contribution in [0.5, 0.6) is 0 Å². The molecule has 0 atom stereocenters. The standard InChI is InChI=1S/C9H7ClIN5O/c10-5-2-1-4(11)3-6(5)13-8(17)7-14-9(12)16-15-7/h1-3H,(H,13,17)(H3,12,14,15,16). The van der Waals surface area contributed by atoms with E-state index in [0.717, 1.165) is 3.57 Å². The first kappa shape index (κ1) is 12.1. The van der Waals surface area contributed by atoms with Crippen LogP contribution in [0.3, 0.4) is 0 Å². The SMILES string of the molecule is Nc1n[nH]c(C(=O)Nc2cc(I)ccc2Cl)n1. The van der Waals surface area contributed by atoms with E-state index in [2.05, 4.69) is 43.1 Å². The second-order valence-electron chi connectivity index (χ2n) is 3.12. The topological polar surface area (TPSA) is 96.7 Å². The number of nitrogens with one attached hydrogen (secondary N) is 2. The van der Waals surface area contributed by atoms with E-state index in [0.29, 0.717) is 10.7 Å². The van der Waals surface area contributed by atoms with Crippen LogP contribution in [-0.4, -0.2) is 21.1 Å². The van der Waals surface area contributed by atoms with Crippen molar-refractivity contribution in [2.45, 2.75) is 0 Å². The summed E-state index contributed by atoms with van der Waals surface area (Å²) in [6.45, 7) is 0. The average Bonchev–Trinajstić information content (AvgIpc) is 2.70. The number of anilines is 2. The molecule has 0 radical (unpaired) electrons. The number of hydrogen-bond donors (Lipinski definition) is 3. The van der Waals surface area contributed by atoms with Gasteiger partial charge in [0.2, 0.25) is 11.8 Å². The molecule has 0 aliphatic carbocycles. The van der Waals surface area contributed by atoms with Gasteiger partial charge in [-0.1, -0.05) is 11.6 Å². The maximum Gasteiger partial charge on any atom is 0.293 e. The zero-order valence-electron chi connectivity index (χ0n) is 8.37. The molecule has 0 unspecified atom stereocenters. The van der Waals surface area contributed by atoms with Crippen LogP contribution < -0.4 is 11.1 Å². The van der Waals surface area contributed by atoms with E-state index < -0.39 is 5.91 Å². The Hall–Kier alpha value is -1.35. The first-order valence-electron chi connectivity index (χ1n) is 4.50. The first-order valence-corrected chi connectivity index (χ1v) is 5.96. The van der Waals surface area contributed by atoms with E-state index in [4.69, 9.17) is 17.3 Å². The summed E-state index contributed by atoms with van der Waals surface area (Å²) < 4.78 is 0.958. The molecule has 1 aromatic heterocycles. The molecule has 2 rings (SSSR count). The fraction of sp³-hybridized carbons (Fsp3) is 0. The lowest BCUT2D eigenvalue weighted by atomic mass is 10.3. The molecule has 88 valence electrons. The Morgan fingerprint density at radius 1 is 1.53 bits per heavy atom. The molecule has 0 saturated carbocycles. The van der Waals surface area contributed by atoms with Crippen LogP contribution in [0.15, 0.2) is 18.2 Å². The van der Waals surface area contributed by atoms with Gasteiger partial charge in [0, 0.05) is 3.57 Å². The molecule has 0 spiro atoms. The molecule has 1 aromatic carbocycles. The second kappa shape index (κ2) is 4.88. The summed E-state index contributed by atoms with van der Waals surface area (Å²) in [4.78, 5) is 15.4. The minimum absolute atomic E-state index is 0.0175. The number of nitrogens with two attached hydrogens (primary N) is 1. The molecule has 1 heterocycles. The van der Waals surface area contributed by atoms with Gasteiger partial charge in [-0.15, -0.1) is 5.10 Å². The van der Waals surface area contributed by atoms with Gasteiger partial charge in [0.1, 0.15) is 0 Å². The van der Waals surface area contributed by atoms with E-state index in [1.807, 2.05) is 6.07 Å². The quantitative estimate of drug-likeness (QED) is 0.710. The van der Waals surface area contributed by atoms with Crippen molar-refractivity contribution in [3.8, 4) is 0 Å². The van der Waals surface area contributed by atoms with E-state index >= 15 is 0 Å². The van der Waals surface area contributed by atoms with Crippen LogP contribution >= 0.6 is 34.2 Å². The third-order valence-electron chi connectivity index (χ3n) is 1.89. The van der Waals surface area contributed by atoms with Gasteiger partial charge in [0.15, 0.2) is 0 Å². The van der Waals surface area contributed by atoms with Gasteiger partial charge >= 0.3 is 0 Å². The summed E-state index contributed by atoms with van der Waals surface area (Å²) >= 11 is 8.07. The molecule has 4 N–H and O–H groups in total. The lowest BCUT2D eigenvalue weighted by Gasteiger charge is -2.05. The normalized spacial score (nSPS) is 10.2. The number of aromatic nitrogens is 3. The first-order chi connectivity index (χ1) is 8.06. The number of hydrogen-bond acceptors (Lipinski definition) is 4. The minimum atomic E-state index is -0.446. The molecule has 0 saturated heterocycles. The fourth-order valence-electron chi connectivity index (χ4n) is 1.15. The van der Waals surface area contributed by atoms with Crippen molar-refractivity contribution >= 4 is 51.7 Å². The highest BCUT2D eigenvalue weighted by Crippen LogP contribution is 2.24. The van der Waals surface area contributed by atoms with Gasteiger partial charge in [-0.2, -0.15) is 4.98 Å². The number of carbonyl (C=O) groups excluding carboxylic acids is 1. The van der Waals surface area contributed by atoms with Gasteiger partial charge in [0.05, 0.1) is 10.7 Å². The largest absolute Gasteiger partial charge is 0.366 e. The zero-order chi connectivity index (χ0) is 12.4. The lowest BCUT2D eigenvalue weighted by molar-refractivity contribution is 0.101. The van der Waals surface area contributed by atoms with Crippen LogP contribution in [0.1, 0.15) is 10.6 Å². The highest BCUT2D eigenvalue weighted by atomic mass is 127. The van der Waals surface area contributed by atoms with Gasteiger partial charge in [-0.25, -0.2) is 0 Å². The molecule has 1 amide bonds. The maximum atomic E-state index is 11.7. The van der Waals surface area contributed by atoms with Crippen molar-refractivity contribution in [2.24, 2.45) is 0 Å². The Morgan fingerprint density at radius 3 is 2.94 bits per heavy atom. The molecule has 0 aliphatic heterocycles. The van der Waals surface area contributed by atoms with Crippen LogP contribution in [0, 0.1) is 3.57 Å². The Kier molecular flexibility index (Phi) is 3.48. The summed E-state index contributed by atoms with van der Waals surface area (Å²) in [5.41, 5.74) is 5.82. The predicted octanol–water partition coefficient (Wildman–Crippen LogP) is 1.90. The van der Waals surface area contributed by atoms with Crippen molar-refractivity contribution in [3.63, 3.8) is 0 Å². The summed E-state index contributed by atoms with van der Waals surface area (Å²) in [6, 6.07) is 5.29. The number of benzene rings is 1. The molecule has 0 fully saturated rings. The third kappa shape index (κ3) is 2.86. The molecule has 8 heteroatoms. The van der Waals surface area contributed by atoms with Gasteiger partial charge in [-0.3, -0.25) is 9.89 Å². The van der Waals surface area contributed by atoms with Crippen molar-refractivity contribution in [1.82, 2.24) is 15.2 Å². The van der Waals surface area contributed by atoms with Crippen LogP contribution in [0.4, 0.5) is 11.6 Å². The summed E-state index contributed by atoms with van der Waals surface area (Å²) in [7, 11) is 0. The smallest absolute Gasteiger partial charge is 0.293 e. The maximum absolute atomic E-state index is 11.7. The number of carbonyl (C=O) groups is 1.